The lowest BCUT2D eigenvalue weighted by Crippen LogP contribution is -2.55. The number of hydrogen-bond acceptors (Lipinski definition) is 4. The van der Waals surface area contributed by atoms with Gasteiger partial charge < -0.3 is 20.3 Å². The molecule has 7 nitrogen and oxygen atoms in total. The molecule has 1 saturated heterocycles. The first-order valence-corrected chi connectivity index (χ1v) is 11.3. The fourth-order valence-corrected chi connectivity index (χ4v) is 4.61. The Kier molecular flexibility index (Phi) is 5.76. The Morgan fingerprint density at radius 3 is 2.47 bits per heavy atom. The first kappa shape index (κ1) is 21.7. The topological polar surface area (TPSA) is 87.7 Å². The summed E-state index contributed by atoms with van der Waals surface area (Å²) < 4.78 is 5.22. The van der Waals surface area contributed by atoms with Gasteiger partial charge in [0.25, 0.3) is 11.8 Å². The van der Waals surface area contributed by atoms with E-state index in [1.807, 2.05) is 54.6 Å². The van der Waals surface area contributed by atoms with E-state index >= 15 is 0 Å². The van der Waals surface area contributed by atoms with Crippen molar-refractivity contribution in [2.24, 2.45) is 0 Å². The van der Waals surface area contributed by atoms with Gasteiger partial charge >= 0.3 is 0 Å². The molecule has 0 spiro atoms. The van der Waals surface area contributed by atoms with Crippen molar-refractivity contribution in [2.45, 2.75) is 24.9 Å². The molecular formula is C27H25N3O4. The van der Waals surface area contributed by atoms with Crippen molar-refractivity contribution >= 4 is 23.4 Å². The number of carbonyl (C=O) groups is 3. The standard InChI is InChI=1S/C27H25N3O4/c1-34-21-10-7-17(8-11-21)19-9-12-23-22(15-19)27(33)30-14-13-20(16-24(30)26(32)29-23)28-25(31)18-5-3-2-4-6-18/h2-12,15,20,24H,13-14,16H2,1H3,(H,28,31)(H,29,32). The van der Waals surface area contributed by atoms with E-state index in [1.165, 1.54) is 0 Å². The maximum atomic E-state index is 13.5. The number of hydrogen-bond donors (Lipinski definition) is 2. The average molecular weight is 456 g/mol. The molecule has 0 bridgehead atoms. The summed E-state index contributed by atoms with van der Waals surface area (Å²) in [6.45, 7) is 0.392. The Hall–Kier alpha value is -4.13. The minimum absolute atomic E-state index is 0.174. The second-order valence-electron chi connectivity index (χ2n) is 8.55. The van der Waals surface area contributed by atoms with Crippen molar-refractivity contribution in [1.29, 1.82) is 0 Å². The van der Waals surface area contributed by atoms with Crippen molar-refractivity contribution in [2.75, 3.05) is 19.0 Å². The second kappa shape index (κ2) is 9.02. The smallest absolute Gasteiger partial charge is 0.256 e. The fourth-order valence-electron chi connectivity index (χ4n) is 4.61. The Labute approximate surface area is 197 Å². The highest BCUT2D eigenvalue weighted by Crippen LogP contribution is 2.32. The number of methoxy groups -OCH3 is 1. The predicted molar refractivity (Wildman–Crippen MR) is 129 cm³/mol. The van der Waals surface area contributed by atoms with Crippen molar-refractivity contribution in [1.82, 2.24) is 10.2 Å². The number of ether oxygens (including phenoxy) is 1. The van der Waals surface area contributed by atoms with Crippen molar-refractivity contribution in [3.63, 3.8) is 0 Å². The number of rotatable bonds is 4. The lowest BCUT2D eigenvalue weighted by molar-refractivity contribution is -0.121. The fraction of sp³-hybridized carbons (Fsp3) is 0.222. The van der Waals surface area contributed by atoms with Gasteiger partial charge in [-0.05, 0) is 60.4 Å². The number of fused-ring (bicyclic) bond motifs is 2. The van der Waals surface area contributed by atoms with Crippen LogP contribution in [0.5, 0.6) is 5.75 Å². The van der Waals surface area contributed by atoms with Crippen LogP contribution in [0.2, 0.25) is 0 Å². The molecule has 34 heavy (non-hydrogen) atoms. The van der Waals surface area contributed by atoms with Gasteiger partial charge in [0, 0.05) is 18.2 Å². The van der Waals surface area contributed by atoms with Crippen LogP contribution in [0.3, 0.4) is 0 Å². The van der Waals surface area contributed by atoms with E-state index in [9.17, 15) is 14.4 Å². The summed E-state index contributed by atoms with van der Waals surface area (Å²) >= 11 is 0. The summed E-state index contributed by atoms with van der Waals surface area (Å²) in [5, 5.41) is 5.94. The largest absolute Gasteiger partial charge is 0.497 e. The van der Waals surface area contributed by atoms with Crippen LogP contribution in [0.15, 0.2) is 72.8 Å². The first-order chi connectivity index (χ1) is 16.5. The molecule has 2 N–H and O–H groups in total. The highest BCUT2D eigenvalue weighted by molar-refractivity contribution is 6.10. The molecule has 7 heteroatoms. The Bertz CT molecular complexity index is 1240. The maximum absolute atomic E-state index is 13.5. The van der Waals surface area contributed by atoms with Crippen LogP contribution < -0.4 is 15.4 Å². The summed E-state index contributed by atoms with van der Waals surface area (Å²) in [5.74, 6) is 0.170. The van der Waals surface area contributed by atoms with Crippen LogP contribution in [0.25, 0.3) is 11.1 Å². The van der Waals surface area contributed by atoms with Gasteiger partial charge in [-0.15, -0.1) is 0 Å². The Balaban J connectivity index is 1.36. The van der Waals surface area contributed by atoms with E-state index < -0.39 is 6.04 Å². The summed E-state index contributed by atoms with van der Waals surface area (Å²) in [4.78, 5) is 40.7. The molecule has 0 aromatic heterocycles. The normalized spacial score (nSPS) is 19.4. The van der Waals surface area contributed by atoms with Gasteiger partial charge in [-0.2, -0.15) is 0 Å². The molecule has 2 heterocycles. The van der Waals surface area contributed by atoms with E-state index in [2.05, 4.69) is 10.6 Å². The van der Waals surface area contributed by atoms with Crippen molar-refractivity contribution in [3.8, 4) is 16.9 Å². The molecule has 2 aliphatic heterocycles. The van der Waals surface area contributed by atoms with E-state index in [4.69, 9.17) is 4.74 Å². The third-order valence-corrected chi connectivity index (χ3v) is 6.47. The third kappa shape index (κ3) is 4.12. The number of carbonyl (C=O) groups excluding carboxylic acids is 3. The van der Waals surface area contributed by atoms with E-state index in [0.717, 1.165) is 16.9 Å². The summed E-state index contributed by atoms with van der Waals surface area (Å²) in [5.41, 5.74) is 3.38. The minimum Gasteiger partial charge on any atom is -0.497 e. The molecule has 5 rings (SSSR count). The van der Waals surface area contributed by atoms with Crippen LogP contribution in [0.1, 0.15) is 33.6 Å². The third-order valence-electron chi connectivity index (χ3n) is 6.47. The van der Waals surface area contributed by atoms with Gasteiger partial charge in [0.1, 0.15) is 11.8 Å². The Morgan fingerprint density at radius 2 is 1.74 bits per heavy atom. The molecule has 1 fully saturated rings. The van der Waals surface area contributed by atoms with Gasteiger partial charge in [0.2, 0.25) is 5.91 Å². The quantitative estimate of drug-likeness (QED) is 0.628. The molecule has 3 amide bonds. The number of amides is 3. The number of benzene rings is 3. The zero-order valence-electron chi connectivity index (χ0n) is 18.8. The first-order valence-electron chi connectivity index (χ1n) is 11.3. The second-order valence-corrected chi connectivity index (χ2v) is 8.55. The van der Waals surface area contributed by atoms with Gasteiger partial charge in [-0.1, -0.05) is 36.4 Å². The van der Waals surface area contributed by atoms with E-state index in [1.54, 1.807) is 30.2 Å². The molecule has 172 valence electrons. The lowest BCUT2D eigenvalue weighted by Gasteiger charge is -2.37. The molecular weight excluding hydrogens is 430 g/mol. The SMILES string of the molecule is COc1ccc(-c2ccc3c(c2)C(=O)N2CCC(NC(=O)c4ccccc4)CC2C(=O)N3)cc1. The molecule has 3 aromatic rings. The van der Waals surface area contributed by atoms with Gasteiger partial charge in [-0.3, -0.25) is 14.4 Å². The maximum Gasteiger partial charge on any atom is 0.256 e. The van der Waals surface area contributed by atoms with Crippen LogP contribution in [-0.4, -0.2) is 48.4 Å². The molecule has 0 radical (unpaired) electrons. The van der Waals surface area contributed by atoms with Crippen LogP contribution in [-0.2, 0) is 4.79 Å². The molecule has 0 aliphatic carbocycles. The van der Waals surface area contributed by atoms with Gasteiger partial charge in [-0.25, -0.2) is 0 Å². The molecule has 2 atom stereocenters. The van der Waals surface area contributed by atoms with Crippen molar-refractivity contribution < 1.29 is 19.1 Å². The zero-order valence-corrected chi connectivity index (χ0v) is 18.8. The molecule has 0 saturated carbocycles. The monoisotopic (exact) mass is 455 g/mol. The highest BCUT2D eigenvalue weighted by atomic mass is 16.5. The average Bonchev–Trinajstić information content (AvgIpc) is 2.98. The molecule has 2 aliphatic rings. The number of anilines is 1. The minimum atomic E-state index is -0.640. The summed E-state index contributed by atoms with van der Waals surface area (Å²) in [6, 6.07) is 21.3. The van der Waals surface area contributed by atoms with Crippen LogP contribution in [0, 0.1) is 0 Å². The predicted octanol–water partition coefficient (Wildman–Crippen LogP) is 3.72. The number of nitrogens with one attached hydrogen (secondary N) is 2. The van der Waals surface area contributed by atoms with Crippen molar-refractivity contribution in [3.05, 3.63) is 83.9 Å². The summed E-state index contributed by atoms with van der Waals surface area (Å²) in [7, 11) is 1.62. The van der Waals surface area contributed by atoms with Crippen LogP contribution >= 0.6 is 0 Å². The van der Waals surface area contributed by atoms with E-state index in [-0.39, 0.29) is 23.8 Å². The highest BCUT2D eigenvalue weighted by Gasteiger charge is 2.40. The number of nitrogens with zero attached hydrogens (tertiary/aromatic N) is 1. The molecule has 2 unspecified atom stereocenters. The lowest BCUT2D eigenvalue weighted by atomic mass is 9.95. The van der Waals surface area contributed by atoms with Gasteiger partial charge in [0.15, 0.2) is 0 Å². The van der Waals surface area contributed by atoms with Gasteiger partial charge in [0.05, 0.1) is 18.4 Å². The summed E-state index contributed by atoms with van der Waals surface area (Å²) in [6.07, 6.45) is 0.955. The molecule has 3 aromatic carbocycles. The Morgan fingerprint density at radius 1 is 1.00 bits per heavy atom. The van der Waals surface area contributed by atoms with Crippen LogP contribution in [0.4, 0.5) is 5.69 Å². The van der Waals surface area contributed by atoms with E-state index in [0.29, 0.717) is 36.2 Å². The zero-order chi connectivity index (χ0) is 23.7. The number of piperidine rings is 1.